The number of carbonyl (C=O) groups is 3. The van der Waals surface area contributed by atoms with Gasteiger partial charge in [0.2, 0.25) is 0 Å². The van der Waals surface area contributed by atoms with E-state index in [9.17, 15) is 14.4 Å². The van der Waals surface area contributed by atoms with E-state index < -0.39 is 11.9 Å². The highest BCUT2D eigenvalue weighted by atomic mass is 16.5. The fraction of sp³-hybridized carbons (Fsp3) is 0.414. The number of likely N-dealkylation sites (tertiary alicyclic amines) is 1. The first kappa shape index (κ1) is 26.4. The van der Waals surface area contributed by atoms with E-state index in [1.54, 1.807) is 0 Å². The number of amides is 1. The third kappa shape index (κ3) is 7.43. The Morgan fingerprint density at radius 3 is 2.35 bits per heavy atom. The van der Waals surface area contributed by atoms with Crippen LogP contribution in [0.4, 0.5) is 0 Å². The first-order valence-electron chi connectivity index (χ1n) is 12.9. The molecule has 5 rings (SSSR count). The van der Waals surface area contributed by atoms with Gasteiger partial charge in [-0.05, 0) is 86.0 Å². The molecule has 0 unspecified atom stereocenters. The Hall–Kier alpha value is -3.65. The highest BCUT2D eigenvalue weighted by molar-refractivity contribution is 5.98. The second-order valence-electron chi connectivity index (χ2n) is 9.77. The normalized spacial score (nSPS) is 17.3. The third-order valence-electron chi connectivity index (χ3n) is 7.20. The lowest BCUT2D eigenvalue weighted by molar-refractivity contribution is -0.134. The van der Waals surface area contributed by atoms with Gasteiger partial charge in [0.25, 0.3) is 5.91 Å². The predicted octanol–water partition coefficient (Wildman–Crippen LogP) is 3.63. The van der Waals surface area contributed by atoms with Crippen molar-refractivity contribution in [3.63, 3.8) is 0 Å². The second kappa shape index (κ2) is 12.5. The molecule has 0 bridgehead atoms. The molecule has 37 heavy (non-hydrogen) atoms. The minimum atomic E-state index is -1.26. The van der Waals surface area contributed by atoms with Gasteiger partial charge in [0, 0.05) is 37.3 Å². The Labute approximate surface area is 217 Å². The summed E-state index contributed by atoms with van der Waals surface area (Å²) in [5.74, 6) is -0.666. The number of aryl methyl sites for hydroxylation is 2. The van der Waals surface area contributed by atoms with Crippen LogP contribution in [0, 0.1) is 5.92 Å². The van der Waals surface area contributed by atoms with Crippen molar-refractivity contribution in [3.05, 3.63) is 76.9 Å². The minimum absolute atomic E-state index is 0.214. The standard InChI is InChI=1S/C25H30N2O2.C4H4O4/c28-25-24-7-2-1-4-22(24)18-27(25)17-19-10-12-26(13-11-19)14-15-29-23-9-8-20-5-3-6-21(20)16-23;5-3(6)1-2-4(7)8/h1-2,4,7-9,16,19H,3,5-6,10-15,17-18H2;1-2H,(H,5,6)(H,7,8). The van der Waals surface area contributed by atoms with Crippen LogP contribution in [-0.2, 0) is 29.0 Å². The molecule has 2 heterocycles. The molecule has 1 aliphatic carbocycles. The maximum absolute atomic E-state index is 12.6. The lowest BCUT2D eigenvalue weighted by Gasteiger charge is -2.33. The quantitative estimate of drug-likeness (QED) is 0.527. The summed E-state index contributed by atoms with van der Waals surface area (Å²) in [4.78, 5) is 36.2. The van der Waals surface area contributed by atoms with Crippen LogP contribution < -0.4 is 4.74 Å². The minimum Gasteiger partial charge on any atom is -0.492 e. The zero-order valence-corrected chi connectivity index (χ0v) is 21.0. The molecule has 2 aromatic rings. The Balaban J connectivity index is 0.000000349. The van der Waals surface area contributed by atoms with Crippen molar-refractivity contribution in [1.82, 2.24) is 9.80 Å². The van der Waals surface area contributed by atoms with Crippen molar-refractivity contribution in [2.45, 2.75) is 38.6 Å². The van der Waals surface area contributed by atoms with Crippen molar-refractivity contribution < 1.29 is 29.3 Å². The van der Waals surface area contributed by atoms with E-state index in [1.165, 1.54) is 48.8 Å². The first-order chi connectivity index (χ1) is 17.9. The zero-order chi connectivity index (χ0) is 26.2. The molecule has 8 heteroatoms. The number of hydrogen-bond acceptors (Lipinski definition) is 5. The van der Waals surface area contributed by atoms with E-state index in [0.717, 1.165) is 50.6 Å². The van der Waals surface area contributed by atoms with Crippen LogP contribution >= 0.6 is 0 Å². The van der Waals surface area contributed by atoms with E-state index in [2.05, 4.69) is 29.2 Å². The molecule has 2 N–H and O–H groups in total. The lowest BCUT2D eigenvalue weighted by Crippen LogP contribution is -2.40. The van der Waals surface area contributed by atoms with Crippen molar-refractivity contribution in [1.29, 1.82) is 0 Å². The summed E-state index contributed by atoms with van der Waals surface area (Å²) in [6.45, 7) is 5.62. The molecular formula is C29H34N2O6. The van der Waals surface area contributed by atoms with Crippen molar-refractivity contribution in [2.75, 3.05) is 32.8 Å². The highest BCUT2D eigenvalue weighted by Gasteiger charge is 2.30. The molecule has 8 nitrogen and oxygen atoms in total. The SMILES string of the molecule is O=C(O)C=CC(=O)O.O=C1c2ccccc2CN1CC1CCN(CCOc2ccc3c(c2)CCC3)CC1. The average molecular weight is 507 g/mol. The number of carboxylic acids is 2. The summed E-state index contributed by atoms with van der Waals surface area (Å²) in [7, 11) is 0. The van der Waals surface area contributed by atoms with Crippen LogP contribution in [0.25, 0.3) is 0 Å². The number of benzene rings is 2. The van der Waals surface area contributed by atoms with E-state index in [4.69, 9.17) is 14.9 Å². The molecule has 3 aliphatic rings. The fourth-order valence-electron chi connectivity index (χ4n) is 5.24. The Morgan fingerprint density at radius 2 is 1.65 bits per heavy atom. The number of ether oxygens (including phenoxy) is 1. The Bertz CT molecular complexity index is 1140. The van der Waals surface area contributed by atoms with Gasteiger partial charge in [-0.3, -0.25) is 9.69 Å². The number of carbonyl (C=O) groups excluding carboxylic acids is 1. The van der Waals surface area contributed by atoms with Gasteiger partial charge in [0.15, 0.2) is 0 Å². The van der Waals surface area contributed by atoms with Crippen LogP contribution in [0.3, 0.4) is 0 Å². The molecular weight excluding hydrogens is 472 g/mol. The lowest BCUT2D eigenvalue weighted by atomic mass is 9.96. The Kier molecular flexibility index (Phi) is 8.95. The van der Waals surface area contributed by atoms with Gasteiger partial charge in [-0.25, -0.2) is 9.59 Å². The van der Waals surface area contributed by atoms with Crippen LogP contribution in [-0.4, -0.2) is 70.6 Å². The number of aliphatic carboxylic acids is 2. The van der Waals surface area contributed by atoms with Gasteiger partial charge in [0.1, 0.15) is 12.4 Å². The predicted molar refractivity (Wildman–Crippen MR) is 139 cm³/mol. The molecule has 1 fully saturated rings. The number of nitrogens with zero attached hydrogens (tertiary/aromatic N) is 2. The molecule has 0 spiro atoms. The van der Waals surface area contributed by atoms with E-state index in [-0.39, 0.29) is 5.91 Å². The Morgan fingerprint density at radius 1 is 0.946 bits per heavy atom. The number of piperidine rings is 1. The maximum atomic E-state index is 12.6. The number of carboxylic acid groups (broad SMARTS) is 2. The van der Waals surface area contributed by atoms with Gasteiger partial charge < -0.3 is 19.8 Å². The molecule has 196 valence electrons. The summed E-state index contributed by atoms with van der Waals surface area (Å²) in [5.41, 5.74) is 5.05. The van der Waals surface area contributed by atoms with Crippen LogP contribution in [0.1, 0.15) is 46.3 Å². The topological polar surface area (TPSA) is 107 Å². The smallest absolute Gasteiger partial charge is 0.328 e. The summed E-state index contributed by atoms with van der Waals surface area (Å²) in [6.07, 6.45) is 7.15. The zero-order valence-electron chi connectivity index (χ0n) is 21.0. The van der Waals surface area contributed by atoms with E-state index in [1.807, 2.05) is 23.1 Å². The van der Waals surface area contributed by atoms with Crippen LogP contribution in [0.5, 0.6) is 5.75 Å². The largest absolute Gasteiger partial charge is 0.492 e. The molecule has 0 radical (unpaired) electrons. The monoisotopic (exact) mass is 506 g/mol. The van der Waals surface area contributed by atoms with Gasteiger partial charge in [-0.1, -0.05) is 24.3 Å². The van der Waals surface area contributed by atoms with E-state index >= 15 is 0 Å². The van der Waals surface area contributed by atoms with Gasteiger partial charge in [0.05, 0.1) is 0 Å². The molecule has 0 saturated carbocycles. The highest BCUT2D eigenvalue weighted by Crippen LogP contribution is 2.27. The maximum Gasteiger partial charge on any atom is 0.328 e. The van der Waals surface area contributed by atoms with E-state index in [0.29, 0.717) is 18.1 Å². The average Bonchev–Trinajstić information content (AvgIpc) is 3.48. The molecule has 2 aromatic carbocycles. The third-order valence-corrected chi connectivity index (χ3v) is 7.20. The van der Waals surface area contributed by atoms with Crippen molar-refractivity contribution >= 4 is 17.8 Å². The van der Waals surface area contributed by atoms with Gasteiger partial charge in [-0.2, -0.15) is 0 Å². The molecule has 0 aromatic heterocycles. The number of fused-ring (bicyclic) bond motifs is 2. The van der Waals surface area contributed by atoms with Crippen molar-refractivity contribution in [2.24, 2.45) is 5.92 Å². The molecule has 1 saturated heterocycles. The number of rotatable bonds is 8. The molecule has 1 amide bonds. The fourth-order valence-corrected chi connectivity index (χ4v) is 5.24. The second-order valence-corrected chi connectivity index (χ2v) is 9.77. The van der Waals surface area contributed by atoms with Crippen LogP contribution in [0.2, 0.25) is 0 Å². The summed E-state index contributed by atoms with van der Waals surface area (Å²) in [6, 6.07) is 14.6. The van der Waals surface area contributed by atoms with Crippen LogP contribution in [0.15, 0.2) is 54.6 Å². The molecule has 0 atom stereocenters. The van der Waals surface area contributed by atoms with Crippen molar-refractivity contribution in [3.8, 4) is 5.75 Å². The summed E-state index contributed by atoms with van der Waals surface area (Å²) in [5, 5.41) is 15.6. The number of hydrogen-bond donors (Lipinski definition) is 2. The van der Waals surface area contributed by atoms with Gasteiger partial charge >= 0.3 is 11.9 Å². The first-order valence-corrected chi connectivity index (χ1v) is 12.9. The summed E-state index contributed by atoms with van der Waals surface area (Å²) >= 11 is 0. The molecule has 2 aliphatic heterocycles. The van der Waals surface area contributed by atoms with Gasteiger partial charge in [-0.15, -0.1) is 0 Å². The summed E-state index contributed by atoms with van der Waals surface area (Å²) < 4.78 is 6.02.